The van der Waals surface area contributed by atoms with Gasteiger partial charge in [-0.05, 0) is 42.8 Å². The summed E-state index contributed by atoms with van der Waals surface area (Å²) in [5.41, 5.74) is 2.21. The Morgan fingerprint density at radius 3 is 2.29 bits per heavy atom. The summed E-state index contributed by atoms with van der Waals surface area (Å²) in [5.74, 6) is 0.511. The molecule has 0 fully saturated rings. The predicted molar refractivity (Wildman–Crippen MR) is 114 cm³/mol. The van der Waals surface area contributed by atoms with Crippen LogP contribution in [0.3, 0.4) is 0 Å². The van der Waals surface area contributed by atoms with Gasteiger partial charge in [0.2, 0.25) is 11.8 Å². The zero-order chi connectivity index (χ0) is 20.4. The highest BCUT2D eigenvalue weighted by Crippen LogP contribution is 2.18. The molecule has 0 radical (unpaired) electrons. The van der Waals surface area contributed by atoms with E-state index in [4.69, 9.17) is 4.74 Å². The highest BCUT2D eigenvalue weighted by molar-refractivity contribution is 5.95. The lowest BCUT2D eigenvalue weighted by Crippen LogP contribution is -2.21. The van der Waals surface area contributed by atoms with Crippen LogP contribution in [0.1, 0.15) is 33.6 Å². The molecule has 2 aromatic carbocycles. The zero-order valence-electron chi connectivity index (χ0n) is 16.7. The Hall–Kier alpha value is -3.02. The summed E-state index contributed by atoms with van der Waals surface area (Å²) in [6.07, 6.45) is 2.10. The van der Waals surface area contributed by atoms with Gasteiger partial charge in [0.25, 0.3) is 0 Å². The summed E-state index contributed by atoms with van der Waals surface area (Å²) < 4.78 is 5.67. The Bertz CT molecular complexity index is 773. The normalized spacial score (nSPS) is 10.4. The molecular formula is C22H29N3O3. The number of rotatable bonds is 10. The molecule has 6 heteroatoms. The van der Waals surface area contributed by atoms with Crippen molar-refractivity contribution in [1.82, 2.24) is 0 Å². The standard InChI is InChI=1S/C22H29N3O3/c1-4-5-13-28-20-8-6-7-19(14-20)23-15-21(26)24-17-9-11-18(12-10-17)25-22(27)16(2)3/h6-12,14,16,23H,4-5,13,15H2,1-3H3,(H,24,26)(H,25,27). The van der Waals surface area contributed by atoms with E-state index in [1.54, 1.807) is 24.3 Å². The maximum atomic E-state index is 12.2. The van der Waals surface area contributed by atoms with E-state index >= 15 is 0 Å². The molecule has 2 amide bonds. The maximum Gasteiger partial charge on any atom is 0.243 e. The summed E-state index contributed by atoms with van der Waals surface area (Å²) in [7, 11) is 0. The summed E-state index contributed by atoms with van der Waals surface area (Å²) in [4.78, 5) is 23.9. The Kier molecular flexibility index (Phi) is 8.34. The monoisotopic (exact) mass is 383 g/mol. The highest BCUT2D eigenvalue weighted by Gasteiger charge is 2.07. The summed E-state index contributed by atoms with van der Waals surface area (Å²) in [6, 6.07) is 14.6. The molecule has 0 aromatic heterocycles. The van der Waals surface area contributed by atoms with Crippen molar-refractivity contribution in [1.29, 1.82) is 0 Å². The minimum Gasteiger partial charge on any atom is -0.494 e. The van der Waals surface area contributed by atoms with E-state index in [0.717, 1.165) is 24.3 Å². The van der Waals surface area contributed by atoms with E-state index in [1.807, 2.05) is 38.1 Å². The first-order valence-electron chi connectivity index (χ1n) is 9.65. The molecule has 0 heterocycles. The summed E-state index contributed by atoms with van der Waals surface area (Å²) in [6.45, 7) is 6.63. The van der Waals surface area contributed by atoms with Gasteiger partial charge >= 0.3 is 0 Å². The molecule has 0 saturated carbocycles. The van der Waals surface area contributed by atoms with E-state index in [2.05, 4.69) is 22.9 Å². The number of amides is 2. The van der Waals surface area contributed by atoms with E-state index in [0.29, 0.717) is 18.0 Å². The van der Waals surface area contributed by atoms with Crippen LogP contribution in [0.15, 0.2) is 48.5 Å². The smallest absolute Gasteiger partial charge is 0.243 e. The highest BCUT2D eigenvalue weighted by atomic mass is 16.5. The Labute approximate surface area is 166 Å². The van der Waals surface area contributed by atoms with Crippen molar-refractivity contribution in [3.63, 3.8) is 0 Å². The van der Waals surface area contributed by atoms with Gasteiger partial charge in [0.15, 0.2) is 0 Å². The average Bonchev–Trinajstić information content (AvgIpc) is 2.68. The van der Waals surface area contributed by atoms with Crippen LogP contribution in [0.5, 0.6) is 5.75 Å². The van der Waals surface area contributed by atoms with E-state index in [-0.39, 0.29) is 24.3 Å². The lowest BCUT2D eigenvalue weighted by Gasteiger charge is -2.11. The van der Waals surface area contributed by atoms with Gasteiger partial charge in [-0.2, -0.15) is 0 Å². The maximum absolute atomic E-state index is 12.2. The van der Waals surface area contributed by atoms with Crippen LogP contribution in [-0.2, 0) is 9.59 Å². The molecule has 0 atom stereocenters. The summed E-state index contributed by atoms with van der Waals surface area (Å²) >= 11 is 0. The number of carbonyl (C=O) groups is 2. The van der Waals surface area contributed by atoms with Crippen molar-refractivity contribution in [3.8, 4) is 5.75 Å². The molecule has 28 heavy (non-hydrogen) atoms. The number of nitrogens with one attached hydrogen (secondary N) is 3. The van der Waals surface area contributed by atoms with Crippen LogP contribution in [0.4, 0.5) is 17.1 Å². The molecule has 2 rings (SSSR count). The number of hydrogen-bond donors (Lipinski definition) is 3. The van der Waals surface area contributed by atoms with E-state index < -0.39 is 0 Å². The van der Waals surface area contributed by atoms with Crippen molar-refractivity contribution in [2.24, 2.45) is 5.92 Å². The second-order valence-electron chi connectivity index (χ2n) is 6.85. The fourth-order valence-electron chi connectivity index (χ4n) is 2.34. The molecule has 0 aliphatic rings. The van der Waals surface area contributed by atoms with Crippen LogP contribution in [0, 0.1) is 5.92 Å². The van der Waals surface area contributed by atoms with Gasteiger partial charge in [-0.3, -0.25) is 9.59 Å². The topological polar surface area (TPSA) is 79.5 Å². The lowest BCUT2D eigenvalue weighted by atomic mass is 10.2. The minimum atomic E-state index is -0.156. The second-order valence-corrected chi connectivity index (χ2v) is 6.85. The van der Waals surface area contributed by atoms with Crippen LogP contribution in [-0.4, -0.2) is 25.0 Å². The lowest BCUT2D eigenvalue weighted by molar-refractivity contribution is -0.119. The molecule has 0 aliphatic heterocycles. The van der Waals surface area contributed by atoms with Gasteiger partial charge in [0.05, 0.1) is 13.2 Å². The molecule has 0 spiro atoms. The Balaban J connectivity index is 1.81. The number of anilines is 3. The third-order valence-electron chi connectivity index (χ3n) is 4.01. The molecule has 0 bridgehead atoms. The van der Waals surface area contributed by atoms with Gasteiger partial charge < -0.3 is 20.7 Å². The molecule has 150 valence electrons. The van der Waals surface area contributed by atoms with Crippen LogP contribution < -0.4 is 20.7 Å². The SMILES string of the molecule is CCCCOc1cccc(NCC(=O)Nc2ccc(NC(=O)C(C)C)cc2)c1. The van der Waals surface area contributed by atoms with Gasteiger partial charge in [0, 0.05) is 29.0 Å². The molecule has 2 aromatic rings. The number of benzene rings is 2. The first-order chi connectivity index (χ1) is 13.5. The van der Waals surface area contributed by atoms with Crippen LogP contribution in [0.2, 0.25) is 0 Å². The quantitative estimate of drug-likeness (QED) is 0.527. The number of hydrogen-bond acceptors (Lipinski definition) is 4. The minimum absolute atomic E-state index is 0.0399. The third kappa shape index (κ3) is 7.31. The number of carbonyl (C=O) groups excluding carboxylic acids is 2. The van der Waals surface area contributed by atoms with Crippen molar-refractivity contribution >= 4 is 28.9 Å². The van der Waals surface area contributed by atoms with Gasteiger partial charge in [0.1, 0.15) is 5.75 Å². The Morgan fingerprint density at radius 2 is 1.64 bits per heavy atom. The molecule has 0 saturated heterocycles. The van der Waals surface area contributed by atoms with Crippen molar-refractivity contribution in [2.45, 2.75) is 33.6 Å². The van der Waals surface area contributed by atoms with Crippen LogP contribution >= 0.6 is 0 Å². The van der Waals surface area contributed by atoms with Crippen molar-refractivity contribution < 1.29 is 14.3 Å². The van der Waals surface area contributed by atoms with Crippen LogP contribution in [0.25, 0.3) is 0 Å². The summed E-state index contributed by atoms with van der Waals surface area (Å²) in [5, 5.41) is 8.74. The number of unbranched alkanes of at least 4 members (excludes halogenated alkanes) is 1. The van der Waals surface area contributed by atoms with E-state index in [1.165, 1.54) is 0 Å². The first kappa shape index (κ1) is 21.3. The van der Waals surface area contributed by atoms with Crippen molar-refractivity contribution in [3.05, 3.63) is 48.5 Å². The zero-order valence-corrected chi connectivity index (χ0v) is 16.7. The van der Waals surface area contributed by atoms with Gasteiger partial charge in [-0.25, -0.2) is 0 Å². The molecule has 0 aliphatic carbocycles. The van der Waals surface area contributed by atoms with E-state index in [9.17, 15) is 9.59 Å². The molecular weight excluding hydrogens is 354 g/mol. The second kappa shape index (κ2) is 11.0. The third-order valence-corrected chi connectivity index (χ3v) is 4.01. The molecule has 3 N–H and O–H groups in total. The molecule has 6 nitrogen and oxygen atoms in total. The Morgan fingerprint density at radius 1 is 0.964 bits per heavy atom. The fraction of sp³-hybridized carbons (Fsp3) is 0.364. The molecule has 0 unspecified atom stereocenters. The predicted octanol–water partition coefficient (Wildman–Crippen LogP) is 4.51. The first-order valence-corrected chi connectivity index (χ1v) is 9.65. The van der Waals surface area contributed by atoms with Gasteiger partial charge in [-0.1, -0.05) is 33.3 Å². The number of ether oxygens (including phenoxy) is 1. The largest absolute Gasteiger partial charge is 0.494 e. The average molecular weight is 383 g/mol. The van der Waals surface area contributed by atoms with Crippen molar-refractivity contribution in [2.75, 3.05) is 29.1 Å². The fourth-order valence-corrected chi connectivity index (χ4v) is 2.34. The van der Waals surface area contributed by atoms with Gasteiger partial charge in [-0.15, -0.1) is 0 Å².